The molecule has 144 valence electrons. The van der Waals surface area contributed by atoms with E-state index in [2.05, 4.69) is 0 Å². The molecule has 0 amide bonds. The monoisotopic (exact) mass is 382 g/mol. The molecule has 3 aromatic rings. The highest BCUT2D eigenvalue weighted by Gasteiger charge is 2.25. The average molecular weight is 382 g/mol. The van der Waals surface area contributed by atoms with Crippen LogP contribution in [0.2, 0.25) is 0 Å². The third kappa shape index (κ3) is 4.40. The smallest absolute Gasteiger partial charge is 0.338 e. The number of hydrogen-bond acceptors (Lipinski definition) is 4. The van der Waals surface area contributed by atoms with E-state index in [1.54, 1.807) is 0 Å². The minimum atomic E-state index is -1.42. The van der Waals surface area contributed by atoms with Gasteiger partial charge >= 0.3 is 5.97 Å². The zero-order valence-corrected chi connectivity index (χ0v) is 15.2. The molecule has 0 heterocycles. The van der Waals surface area contributed by atoms with Crippen LogP contribution >= 0.6 is 0 Å². The number of aromatic carboxylic acids is 1. The third-order valence-electron chi connectivity index (χ3n) is 4.04. The van der Waals surface area contributed by atoms with E-state index in [1.165, 1.54) is 7.11 Å². The number of benzene rings is 3. The first-order valence-electron chi connectivity index (χ1n) is 8.57. The van der Waals surface area contributed by atoms with E-state index in [9.17, 15) is 14.3 Å². The summed E-state index contributed by atoms with van der Waals surface area (Å²) in [6.07, 6.45) is 0. The van der Waals surface area contributed by atoms with Gasteiger partial charge in [-0.05, 0) is 11.1 Å². The first-order valence-corrected chi connectivity index (χ1v) is 8.57. The molecule has 0 saturated heterocycles. The molecule has 0 aromatic heterocycles. The number of carbonyl (C=O) groups is 1. The van der Waals surface area contributed by atoms with Crippen molar-refractivity contribution in [3.63, 3.8) is 0 Å². The number of halogens is 1. The first-order chi connectivity index (χ1) is 13.6. The largest absolute Gasteiger partial charge is 0.490 e. The van der Waals surface area contributed by atoms with Crippen molar-refractivity contribution < 1.29 is 28.5 Å². The Morgan fingerprint density at radius 3 is 1.93 bits per heavy atom. The van der Waals surface area contributed by atoms with Crippen molar-refractivity contribution in [1.29, 1.82) is 0 Å². The van der Waals surface area contributed by atoms with Crippen molar-refractivity contribution in [1.82, 2.24) is 0 Å². The van der Waals surface area contributed by atoms with Crippen molar-refractivity contribution in [3.05, 3.63) is 89.2 Å². The Balaban J connectivity index is 1.95. The fraction of sp³-hybridized carbons (Fsp3) is 0.136. The second kappa shape index (κ2) is 8.90. The van der Waals surface area contributed by atoms with Crippen molar-refractivity contribution in [3.8, 4) is 17.2 Å². The highest BCUT2D eigenvalue weighted by Crippen LogP contribution is 2.42. The summed E-state index contributed by atoms with van der Waals surface area (Å²) in [5.41, 5.74) is 1.19. The van der Waals surface area contributed by atoms with Crippen molar-refractivity contribution in [2.24, 2.45) is 0 Å². The normalized spacial score (nSPS) is 10.4. The molecular weight excluding hydrogens is 363 g/mol. The van der Waals surface area contributed by atoms with E-state index in [4.69, 9.17) is 14.2 Å². The number of methoxy groups -OCH3 is 1. The van der Waals surface area contributed by atoms with E-state index in [0.717, 1.165) is 17.2 Å². The van der Waals surface area contributed by atoms with Gasteiger partial charge < -0.3 is 19.3 Å². The molecule has 3 rings (SSSR count). The van der Waals surface area contributed by atoms with Gasteiger partial charge in [-0.3, -0.25) is 0 Å². The maximum absolute atomic E-state index is 14.6. The average Bonchev–Trinajstić information content (AvgIpc) is 2.72. The van der Waals surface area contributed by atoms with E-state index in [-0.39, 0.29) is 30.5 Å². The van der Waals surface area contributed by atoms with E-state index >= 15 is 0 Å². The summed E-state index contributed by atoms with van der Waals surface area (Å²) >= 11 is 0. The summed E-state index contributed by atoms with van der Waals surface area (Å²) in [5, 5.41) is 9.30. The SMILES string of the molecule is COc1c(F)c(C(=O)O)cc(OCc2ccccc2)c1OCc1ccccc1. The molecule has 5 nitrogen and oxygen atoms in total. The topological polar surface area (TPSA) is 65.0 Å². The molecule has 0 fully saturated rings. The quantitative estimate of drug-likeness (QED) is 0.612. The third-order valence-corrected chi connectivity index (χ3v) is 4.04. The molecule has 3 aromatic carbocycles. The van der Waals surface area contributed by atoms with Gasteiger partial charge in [0.2, 0.25) is 11.5 Å². The van der Waals surface area contributed by atoms with Crippen LogP contribution in [0.1, 0.15) is 21.5 Å². The fourth-order valence-electron chi connectivity index (χ4n) is 2.64. The first kappa shape index (κ1) is 19.2. The molecular formula is C22H19FO5. The van der Waals surface area contributed by atoms with E-state index in [1.807, 2.05) is 60.7 Å². The van der Waals surface area contributed by atoms with Gasteiger partial charge in [-0.15, -0.1) is 0 Å². The van der Waals surface area contributed by atoms with E-state index < -0.39 is 17.3 Å². The van der Waals surface area contributed by atoms with Crippen LogP contribution in [-0.4, -0.2) is 18.2 Å². The van der Waals surface area contributed by atoms with Gasteiger partial charge in [0.05, 0.1) is 7.11 Å². The summed E-state index contributed by atoms with van der Waals surface area (Å²) in [6, 6.07) is 19.8. The fourth-order valence-corrected chi connectivity index (χ4v) is 2.64. The molecule has 1 N–H and O–H groups in total. The van der Waals surface area contributed by atoms with E-state index in [0.29, 0.717) is 0 Å². The minimum absolute atomic E-state index is 0.0183. The summed E-state index contributed by atoms with van der Waals surface area (Å²) in [4.78, 5) is 11.4. The Kier molecular flexibility index (Phi) is 6.11. The lowest BCUT2D eigenvalue weighted by atomic mass is 10.1. The lowest BCUT2D eigenvalue weighted by molar-refractivity contribution is 0.0690. The summed E-state index contributed by atoms with van der Waals surface area (Å²) in [5.74, 6) is -2.63. The molecule has 0 aliphatic carbocycles. The van der Waals surface area contributed by atoms with Crippen molar-refractivity contribution in [2.75, 3.05) is 7.11 Å². The van der Waals surface area contributed by atoms with Gasteiger partial charge in [-0.2, -0.15) is 0 Å². The summed E-state index contributed by atoms with van der Waals surface area (Å²) in [7, 11) is 1.25. The van der Waals surface area contributed by atoms with Gasteiger partial charge in [0, 0.05) is 6.07 Å². The van der Waals surface area contributed by atoms with Gasteiger partial charge in [-0.1, -0.05) is 60.7 Å². The molecule has 0 unspecified atom stereocenters. The van der Waals surface area contributed by atoms with Crippen LogP contribution in [0.5, 0.6) is 17.2 Å². The van der Waals surface area contributed by atoms with Crippen molar-refractivity contribution in [2.45, 2.75) is 13.2 Å². The van der Waals surface area contributed by atoms with Crippen LogP contribution in [0, 0.1) is 5.82 Å². The minimum Gasteiger partial charge on any atom is -0.490 e. The lowest BCUT2D eigenvalue weighted by Gasteiger charge is -2.18. The lowest BCUT2D eigenvalue weighted by Crippen LogP contribution is -2.08. The molecule has 0 atom stereocenters. The highest BCUT2D eigenvalue weighted by molar-refractivity contribution is 5.90. The number of ether oxygens (including phenoxy) is 3. The molecule has 0 bridgehead atoms. The van der Waals surface area contributed by atoms with Crippen molar-refractivity contribution >= 4 is 5.97 Å². The number of carboxylic acids is 1. The van der Waals surface area contributed by atoms with Crippen LogP contribution in [0.25, 0.3) is 0 Å². The standard InChI is InChI=1S/C22H19FO5/c1-26-21-19(23)17(22(24)25)12-18(27-13-15-8-4-2-5-9-15)20(21)28-14-16-10-6-3-7-11-16/h2-12H,13-14H2,1H3,(H,24,25). The molecule has 0 aliphatic rings. The van der Waals surface area contributed by atoms with Gasteiger partial charge in [-0.25, -0.2) is 9.18 Å². The van der Waals surface area contributed by atoms with Crippen LogP contribution in [0.4, 0.5) is 4.39 Å². The van der Waals surface area contributed by atoms with Crippen LogP contribution < -0.4 is 14.2 Å². The van der Waals surface area contributed by atoms with Gasteiger partial charge in [0.25, 0.3) is 0 Å². The predicted molar refractivity (Wildman–Crippen MR) is 101 cm³/mol. The number of rotatable bonds is 8. The molecule has 0 aliphatic heterocycles. The Morgan fingerprint density at radius 2 is 1.43 bits per heavy atom. The molecule has 28 heavy (non-hydrogen) atoms. The Hall–Kier alpha value is -3.54. The number of carboxylic acid groups (broad SMARTS) is 1. The van der Waals surface area contributed by atoms with Gasteiger partial charge in [0.1, 0.15) is 18.8 Å². The van der Waals surface area contributed by atoms with Gasteiger partial charge in [0.15, 0.2) is 11.6 Å². The summed E-state index contributed by atoms with van der Waals surface area (Å²) in [6.45, 7) is 0.307. The van der Waals surface area contributed by atoms with Crippen LogP contribution in [-0.2, 0) is 13.2 Å². The number of hydrogen-bond donors (Lipinski definition) is 1. The Labute approximate surface area is 161 Å². The molecule has 0 radical (unpaired) electrons. The van der Waals surface area contributed by atoms with Crippen LogP contribution in [0.15, 0.2) is 66.7 Å². The Morgan fingerprint density at radius 1 is 0.893 bits per heavy atom. The zero-order chi connectivity index (χ0) is 19.9. The second-order valence-corrected chi connectivity index (χ2v) is 5.95. The zero-order valence-electron chi connectivity index (χ0n) is 15.2. The Bertz CT molecular complexity index is 942. The summed E-state index contributed by atoms with van der Waals surface area (Å²) < 4.78 is 31.2. The maximum atomic E-state index is 14.6. The second-order valence-electron chi connectivity index (χ2n) is 5.95. The van der Waals surface area contributed by atoms with Crippen LogP contribution in [0.3, 0.4) is 0 Å². The predicted octanol–water partition coefficient (Wildman–Crippen LogP) is 4.69. The maximum Gasteiger partial charge on any atom is 0.338 e. The molecule has 0 saturated carbocycles. The molecule has 0 spiro atoms. The molecule has 6 heteroatoms. The highest BCUT2D eigenvalue weighted by atomic mass is 19.1.